The first-order chi connectivity index (χ1) is 9.03. The summed E-state index contributed by atoms with van der Waals surface area (Å²) in [4.78, 5) is 0.332. The summed E-state index contributed by atoms with van der Waals surface area (Å²) in [6.07, 6.45) is 3.32. The highest BCUT2D eigenvalue weighted by molar-refractivity contribution is 7.89. The molecule has 1 fully saturated rings. The van der Waals surface area contributed by atoms with Crippen LogP contribution in [0.2, 0.25) is 0 Å². The molecule has 2 rings (SSSR count). The van der Waals surface area contributed by atoms with Gasteiger partial charge in [-0.25, -0.2) is 13.1 Å². The Balaban J connectivity index is 2.00. The number of rotatable bonds is 5. The van der Waals surface area contributed by atoms with Gasteiger partial charge in [0, 0.05) is 12.4 Å². The van der Waals surface area contributed by atoms with Crippen molar-refractivity contribution in [3.05, 3.63) is 29.8 Å². The molecule has 5 heteroatoms. The monoisotopic (exact) mass is 301 g/mol. The van der Waals surface area contributed by atoms with Crippen LogP contribution in [0.1, 0.15) is 24.8 Å². The molecule has 0 heterocycles. The highest BCUT2D eigenvalue weighted by atomic mass is 35.5. The van der Waals surface area contributed by atoms with Gasteiger partial charge >= 0.3 is 0 Å². The Morgan fingerprint density at radius 1 is 1.21 bits per heavy atom. The second-order valence-electron chi connectivity index (χ2n) is 5.27. The topological polar surface area (TPSA) is 46.2 Å². The highest BCUT2D eigenvalue weighted by Crippen LogP contribution is 2.32. The normalized spacial score (nSPS) is 23.7. The average molecular weight is 302 g/mol. The molecular weight excluding hydrogens is 282 g/mol. The maximum atomic E-state index is 12.2. The van der Waals surface area contributed by atoms with Gasteiger partial charge in [-0.05, 0) is 43.7 Å². The van der Waals surface area contributed by atoms with Gasteiger partial charge in [0.25, 0.3) is 0 Å². The Morgan fingerprint density at radius 2 is 1.84 bits per heavy atom. The molecule has 3 nitrogen and oxygen atoms in total. The summed E-state index contributed by atoms with van der Waals surface area (Å²) in [6.45, 7) is 2.43. The quantitative estimate of drug-likeness (QED) is 0.850. The summed E-state index contributed by atoms with van der Waals surface area (Å²) in [5.74, 6) is 1.44. The number of hydrogen-bond donors (Lipinski definition) is 1. The van der Waals surface area contributed by atoms with Gasteiger partial charge in [0.05, 0.1) is 4.90 Å². The Morgan fingerprint density at radius 3 is 2.47 bits per heavy atom. The Hall–Kier alpha value is -0.580. The van der Waals surface area contributed by atoms with Crippen molar-refractivity contribution in [1.82, 2.24) is 4.72 Å². The fourth-order valence-electron chi connectivity index (χ4n) is 2.60. The van der Waals surface area contributed by atoms with E-state index in [0.29, 0.717) is 29.2 Å². The molecule has 19 heavy (non-hydrogen) atoms. The maximum Gasteiger partial charge on any atom is 0.240 e. The van der Waals surface area contributed by atoms with E-state index < -0.39 is 10.0 Å². The summed E-state index contributed by atoms with van der Waals surface area (Å²) in [5, 5.41) is 0. The molecular formula is C14H20ClNO2S. The smallest absolute Gasteiger partial charge is 0.211 e. The number of benzene rings is 1. The van der Waals surface area contributed by atoms with Crippen LogP contribution in [0.4, 0.5) is 0 Å². The van der Waals surface area contributed by atoms with E-state index in [0.717, 1.165) is 24.8 Å². The predicted octanol–water partition coefficient (Wildman–Crippen LogP) is 2.93. The summed E-state index contributed by atoms with van der Waals surface area (Å²) in [6, 6.07) is 6.91. The van der Waals surface area contributed by atoms with Crippen LogP contribution in [0.3, 0.4) is 0 Å². The molecule has 1 saturated carbocycles. The zero-order valence-corrected chi connectivity index (χ0v) is 12.7. The van der Waals surface area contributed by atoms with E-state index in [2.05, 4.69) is 4.72 Å². The van der Waals surface area contributed by atoms with E-state index in [1.165, 1.54) is 0 Å². The fourth-order valence-corrected chi connectivity index (χ4v) is 4.10. The van der Waals surface area contributed by atoms with Gasteiger partial charge < -0.3 is 0 Å². The van der Waals surface area contributed by atoms with Crippen LogP contribution >= 0.6 is 11.6 Å². The minimum absolute atomic E-state index is 0.332. The number of sulfonamides is 1. The molecule has 0 amide bonds. The van der Waals surface area contributed by atoms with Gasteiger partial charge in [0.2, 0.25) is 10.0 Å². The Labute approximate surface area is 120 Å². The summed E-state index contributed by atoms with van der Waals surface area (Å²) >= 11 is 5.91. The van der Waals surface area contributed by atoms with Crippen molar-refractivity contribution in [3.63, 3.8) is 0 Å². The van der Waals surface area contributed by atoms with Crippen molar-refractivity contribution in [2.24, 2.45) is 11.8 Å². The van der Waals surface area contributed by atoms with Crippen LogP contribution in [0.15, 0.2) is 29.2 Å². The lowest BCUT2D eigenvalue weighted by molar-refractivity contribution is 0.418. The van der Waals surface area contributed by atoms with E-state index >= 15 is 0 Å². The number of halogens is 1. The van der Waals surface area contributed by atoms with Crippen LogP contribution in [0.5, 0.6) is 0 Å². The second-order valence-corrected chi connectivity index (χ2v) is 7.35. The molecule has 1 aliphatic carbocycles. The van der Waals surface area contributed by atoms with Crippen LogP contribution in [-0.2, 0) is 10.0 Å². The molecule has 0 saturated heterocycles. The summed E-state index contributed by atoms with van der Waals surface area (Å²) < 4.78 is 27.0. The van der Waals surface area contributed by atoms with Crippen LogP contribution in [-0.4, -0.2) is 20.8 Å². The second kappa shape index (κ2) is 6.25. The molecule has 1 aromatic rings. The van der Waals surface area contributed by atoms with Gasteiger partial charge in [0.15, 0.2) is 0 Å². The van der Waals surface area contributed by atoms with Gasteiger partial charge in [-0.15, -0.1) is 11.6 Å². The van der Waals surface area contributed by atoms with E-state index in [1.807, 2.05) is 19.1 Å². The third-order valence-electron chi connectivity index (χ3n) is 3.88. The molecule has 0 aliphatic heterocycles. The van der Waals surface area contributed by atoms with Gasteiger partial charge in [-0.2, -0.15) is 0 Å². The lowest BCUT2D eigenvalue weighted by atomic mass is 9.98. The maximum absolute atomic E-state index is 12.2. The number of aryl methyl sites for hydroxylation is 1. The van der Waals surface area contributed by atoms with Crippen LogP contribution in [0, 0.1) is 18.8 Å². The van der Waals surface area contributed by atoms with Gasteiger partial charge in [-0.3, -0.25) is 0 Å². The lowest BCUT2D eigenvalue weighted by Crippen LogP contribution is -2.31. The molecule has 1 aliphatic rings. The zero-order chi connectivity index (χ0) is 13.9. The van der Waals surface area contributed by atoms with E-state index in [9.17, 15) is 8.42 Å². The number of hydrogen-bond acceptors (Lipinski definition) is 2. The average Bonchev–Trinajstić information content (AvgIpc) is 2.84. The molecule has 0 bridgehead atoms. The molecule has 0 radical (unpaired) electrons. The largest absolute Gasteiger partial charge is 0.240 e. The third-order valence-corrected chi connectivity index (χ3v) is 5.72. The summed E-state index contributed by atoms with van der Waals surface area (Å²) in [5.41, 5.74) is 1.05. The van der Waals surface area contributed by atoms with Crippen molar-refractivity contribution in [1.29, 1.82) is 0 Å². The van der Waals surface area contributed by atoms with Crippen molar-refractivity contribution in [2.75, 3.05) is 12.4 Å². The van der Waals surface area contributed by atoms with Crippen molar-refractivity contribution >= 4 is 21.6 Å². The molecule has 1 aromatic carbocycles. The predicted molar refractivity (Wildman–Crippen MR) is 77.9 cm³/mol. The van der Waals surface area contributed by atoms with Gasteiger partial charge in [0.1, 0.15) is 0 Å². The molecule has 0 aromatic heterocycles. The molecule has 0 spiro atoms. The Kier molecular flexibility index (Phi) is 4.87. The molecule has 1 N–H and O–H groups in total. The molecule has 0 unspecified atom stereocenters. The number of nitrogens with one attached hydrogen (secondary N) is 1. The lowest BCUT2D eigenvalue weighted by Gasteiger charge is -2.17. The van der Waals surface area contributed by atoms with Crippen molar-refractivity contribution in [2.45, 2.75) is 31.1 Å². The highest BCUT2D eigenvalue weighted by Gasteiger charge is 2.27. The summed E-state index contributed by atoms with van der Waals surface area (Å²) in [7, 11) is -3.39. The third kappa shape index (κ3) is 3.71. The minimum atomic E-state index is -3.39. The van der Waals surface area contributed by atoms with Crippen LogP contribution < -0.4 is 4.72 Å². The zero-order valence-electron chi connectivity index (χ0n) is 11.1. The Bertz CT molecular complexity index is 513. The number of alkyl halides is 1. The van der Waals surface area contributed by atoms with E-state index in [1.54, 1.807) is 12.1 Å². The fraction of sp³-hybridized carbons (Fsp3) is 0.571. The van der Waals surface area contributed by atoms with Gasteiger partial charge in [-0.1, -0.05) is 24.1 Å². The molecule has 106 valence electrons. The molecule has 2 atom stereocenters. The van der Waals surface area contributed by atoms with E-state index in [4.69, 9.17) is 11.6 Å². The first-order valence-corrected chi connectivity index (χ1v) is 8.67. The standard InChI is InChI=1S/C14H20ClNO2S/c1-11-5-7-14(8-6-11)19(17,18)16-10-13-4-2-3-12(13)9-15/h5-8,12-13,16H,2-4,9-10H2,1H3/t12-,13-/m0/s1. The first-order valence-electron chi connectivity index (χ1n) is 6.65. The van der Waals surface area contributed by atoms with Crippen molar-refractivity contribution < 1.29 is 8.42 Å². The van der Waals surface area contributed by atoms with Crippen molar-refractivity contribution in [3.8, 4) is 0 Å². The first kappa shape index (κ1) is 14.8. The SMILES string of the molecule is Cc1ccc(S(=O)(=O)NC[C@@H]2CCC[C@H]2CCl)cc1. The minimum Gasteiger partial charge on any atom is -0.211 e. The van der Waals surface area contributed by atoms with Crippen LogP contribution in [0.25, 0.3) is 0 Å². The van der Waals surface area contributed by atoms with E-state index in [-0.39, 0.29) is 0 Å².